The Balaban J connectivity index is 0.000000321. The SMILES string of the molecule is O=C(O)/C=C/C(=O)O.c1ccc(CCNC[C@@H]2CCCN2c2ccccc2)cc1. The molecule has 1 aliphatic heterocycles. The number of anilines is 1. The topological polar surface area (TPSA) is 89.9 Å². The van der Waals surface area contributed by atoms with Crippen molar-refractivity contribution in [1.29, 1.82) is 0 Å². The number of carboxylic acids is 2. The number of carboxylic acid groups (broad SMARTS) is 2. The van der Waals surface area contributed by atoms with Gasteiger partial charge in [0.1, 0.15) is 0 Å². The molecule has 0 amide bonds. The maximum Gasteiger partial charge on any atom is 0.328 e. The summed E-state index contributed by atoms with van der Waals surface area (Å²) in [5, 5.41) is 19.3. The van der Waals surface area contributed by atoms with Crippen molar-refractivity contribution in [2.24, 2.45) is 0 Å². The van der Waals surface area contributed by atoms with Crippen LogP contribution in [0.3, 0.4) is 0 Å². The zero-order valence-corrected chi connectivity index (χ0v) is 16.4. The first kappa shape index (κ1) is 22.2. The molecule has 2 aromatic rings. The molecule has 0 bridgehead atoms. The van der Waals surface area contributed by atoms with Crippen LogP contribution in [0.4, 0.5) is 5.69 Å². The lowest BCUT2D eigenvalue weighted by Crippen LogP contribution is -2.38. The molecule has 1 heterocycles. The number of aliphatic carboxylic acids is 2. The summed E-state index contributed by atoms with van der Waals surface area (Å²) in [7, 11) is 0. The van der Waals surface area contributed by atoms with Gasteiger partial charge in [-0.2, -0.15) is 0 Å². The van der Waals surface area contributed by atoms with Crippen molar-refractivity contribution in [3.8, 4) is 0 Å². The first-order valence-electron chi connectivity index (χ1n) is 9.76. The lowest BCUT2D eigenvalue weighted by atomic mass is 10.1. The molecule has 3 N–H and O–H groups in total. The number of nitrogens with zero attached hydrogens (tertiary/aromatic N) is 1. The fraction of sp³-hybridized carbons (Fsp3) is 0.304. The largest absolute Gasteiger partial charge is 0.478 e. The quantitative estimate of drug-likeness (QED) is 0.469. The molecule has 0 spiro atoms. The third-order valence-electron chi connectivity index (χ3n) is 4.65. The second kappa shape index (κ2) is 12.4. The zero-order valence-electron chi connectivity index (χ0n) is 16.4. The van der Waals surface area contributed by atoms with Gasteiger partial charge in [0.05, 0.1) is 0 Å². The highest BCUT2D eigenvalue weighted by Gasteiger charge is 2.23. The van der Waals surface area contributed by atoms with Gasteiger partial charge in [0, 0.05) is 37.0 Å². The average molecular weight is 396 g/mol. The molecule has 0 aromatic heterocycles. The summed E-state index contributed by atoms with van der Waals surface area (Å²) < 4.78 is 0. The highest BCUT2D eigenvalue weighted by Crippen LogP contribution is 2.24. The smallest absolute Gasteiger partial charge is 0.328 e. The molecule has 0 unspecified atom stereocenters. The van der Waals surface area contributed by atoms with E-state index in [9.17, 15) is 9.59 Å². The molecule has 1 saturated heterocycles. The molecule has 0 saturated carbocycles. The number of para-hydroxylation sites is 1. The van der Waals surface area contributed by atoms with Gasteiger partial charge in [0.2, 0.25) is 0 Å². The second-order valence-electron chi connectivity index (χ2n) is 6.77. The van der Waals surface area contributed by atoms with E-state index in [1.807, 2.05) is 0 Å². The van der Waals surface area contributed by atoms with E-state index in [1.165, 1.54) is 30.6 Å². The first-order chi connectivity index (χ1) is 14.1. The Hall–Kier alpha value is -3.12. The van der Waals surface area contributed by atoms with Crippen LogP contribution in [-0.2, 0) is 16.0 Å². The van der Waals surface area contributed by atoms with E-state index < -0.39 is 11.9 Å². The van der Waals surface area contributed by atoms with Crippen LogP contribution in [-0.4, -0.2) is 47.8 Å². The summed E-state index contributed by atoms with van der Waals surface area (Å²) in [6.45, 7) is 3.33. The normalized spacial score (nSPS) is 15.7. The van der Waals surface area contributed by atoms with Crippen molar-refractivity contribution in [2.45, 2.75) is 25.3 Å². The Morgan fingerprint density at radius 3 is 2.14 bits per heavy atom. The summed E-state index contributed by atoms with van der Waals surface area (Å²) in [6, 6.07) is 22.2. The Morgan fingerprint density at radius 2 is 1.55 bits per heavy atom. The van der Waals surface area contributed by atoms with Crippen molar-refractivity contribution in [1.82, 2.24) is 5.32 Å². The van der Waals surface area contributed by atoms with Gasteiger partial charge in [0.25, 0.3) is 0 Å². The van der Waals surface area contributed by atoms with Crippen LogP contribution < -0.4 is 10.2 Å². The molecule has 6 nitrogen and oxygen atoms in total. The van der Waals surface area contributed by atoms with E-state index in [0.29, 0.717) is 18.2 Å². The lowest BCUT2D eigenvalue weighted by Gasteiger charge is -2.27. The molecular formula is C23H28N2O4. The molecule has 0 aliphatic carbocycles. The number of carbonyl (C=O) groups is 2. The third kappa shape index (κ3) is 8.62. The van der Waals surface area contributed by atoms with Gasteiger partial charge in [-0.15, -0.1) is 0 Å². The van der Waals surface area contributed by atoms with Gasteiger partial charge in [0.15, 0.2) is 0 Å². The van der Waals surface area contributed by atoms with Crippen molar-refractivity contribution < 1.29 is 19.8 Å². The zero-order chi connectivity index (χ0) is 20.9. The maximum absolute atomic E-state index is 9.55. The van der Waals surface area contributed by atoms with Crippen molar-refractivity contribution in [3.05, 3.63) is 78.4 Å². The molecule has 1 fully saturated rings. The predicted molar refractivity (Wildman–Crippen MR) is 114 cm³/mol. The molecule has 2 aromatic carbocycles. The van der Waals surface area contributed by atoms with Gasteiger partial charge in [-0.25, -0.2) is 9.59 Å². The molecule has 1 aliphatic rings. The van der Waals surface area contributed by atoms with Gasteiger partial charge >= 0.3 is 11.9 Å². The Morgan fingerprint density at radius 1 is 0.966 bits per heavy atom. The van der Waals surface area contributed by atoms with Gasteiger partial charge in [-0.1, -0.05) is 48.5 Å². The van der Waals surface area contributed by atoms with Crippen LogP contribution >= 0.6 is 0 Å². The highest BCUT2D eigenvalue weighted by molar-refractivity contribution is 5.89. The number of rotatable bonds is 8. The van der Waals surface area contributed by atoms with E-state index in [2.05, 4.69) is 70.9 Å². The summed E-state index contributed by atoms with van der Waals surface area (Å²) in [4.78, 5) is 21.7. The minimum atomic E-state index is -1.26. The second-order valence-corrected chi connectivity index (χ2v) is 6.77. The van der Waals surface area contributed by atoms with Crippen molar-refractivity contribution >= 4 is 17.6 Å². The summed E-state index contributed by atoms with van der Waals surface area (Å²) >= 11 is 0. The molecule has 154 valence electrons. The lowest BCUT2D eigenvalue weighted by molar-refractivity contribution is -0.134. The fourth-order valence-electron chi connectivity index (χ4n) is 3.30. The molecule has 1 atom stereocenters. The van der Waals surface area contributed by atoms with Crippen LogP contribution in [0, 0.1) is 0 Å². The average Bonchev–Trinajstić information content (AvgIpc) is 3.20. The minimum absolute atomic E-state index is 0.558. The number of hydrogen-bond donors (Lipinski definition) is 3. The Kier molecular flexibility index (Phi) is 9.45. The van der Waals surface area contributed by atoms with Crippen molar-refractivity contribution in [3.63, 3.8) is 0 Å². The maximum atomic E-state index is 9.55. The minimum Gasteiger partial charge on any atom is -0.478 e. The summed E-state index contributed by atoms with van der Waals surface area (Å²) in [5.41, 5.74) is 2.78. The van der Waals surface area contributed by atoms with Crippen molar-refractivity contribution in [2.75, 3.05) is 24.5 Å². The molecule has 6 heteroatoms. The molecule has 3 rings (SSSR count). The van der Waals surface area contributed by atoms with Crippen LogP contribution in [0.2, 0.25) is 0 Å². The van der Waals surface area contributed by atoms with Crippen LogP contribution in [0.25, 0.3) is 0 Å². The first-order valence-corrected chi connectivity index (χ1v) is 9.76. The Bertz CT molecular complexity index is 762. The van der Waals surface area contributed by atoms with Crippen LogP contribution in [0.1, 0.15) is 18.4 Å². The van der Waals surface area contributed by atoms with Gasteiger partial charge < -0.3 is 20.4 Å². The van der Waals surface area contributed by atoms with E-state index in [4.69, 9.17) is 10.2 Å². The molecule has 29 heavy (non-hydrogen) atoms. The van der Waals surface area contributed by atoms with Crippen LogP contribution in [0.5, 0.6) is 0 Å². The van der Waals surface area contributed by atoms with Gasteiger partial charge in [-0.05, 0) is 43.5 Å². The third-order valence-corrected chi connectivity index (χ3v) is 4.65. The fourth-order valence-corrected chi connectivity index (χ4v) is 3.30. The molecular weight excluding hydrogens is 368 g/mol. The standard InChI is InChI=1S/C19H24N2.C4H4O4/c1-3-8-17(9-4-1)13-14-20-16-19-12-7-15-21(19)18-10-5-2-6-11-18;5-3(6)1-2-4(7)8/h1-6,8-11,19-20H,7,12-16H2;1-2H,(H,5,6)(H,7,8)/b;2-1+/t19-;/m0./s1. The molecule has 0 radical (unpaired) electrons. The Labute approximate surface area is 171 Å². The predicted octanol–water partition coefficient (Wildman–Crippen LogP) is 3.20. The number of benzene rings is 2. The van der Waals surface area contributed by atoms with E-state index in [0.717, 1.165) is 19.5 Å². The number of hydrogen-bond acceptors (Lipinski definition) is 4. The monoisotopic (exact) mass is 396 g/mol. The van der Waals surface area contributed by atoms with Gasteiger partial charge in [-0.3, -0.25) is 0 Å². The van der Waals surface area contributed by atoms with E-state index >= 15 is 0 Å². The van der Waals surface area contributed by atoms with E-state index in [1.54, 1.807) is 0 Å². The van der Waals surface area contributed by atoms with E-state index in [-0.39, 0.29) is 0 Å². The highest BCUT2D eigenvalue weighted by atomic mass is 16.4. The summed E-state index contributed by atoms with van der Waals surface area (Å²) in [6.07, 6.45) is 4.83. The summed E-state index contributed by atoms with van der Waals surface area (Å²) in [5.74, 6) is -2.51. The number of nitrogens with one attached hydrogen (secondary N) is 1. The van der Waals surface area contributed by atoms with Crippen LogP contribution in [0.15, 0.2) is 72.8 Å².